The second kappa shape index (κ2) is 3.90. The lowest BCUT2D eigenvalue weighted by Gasteiger charge is -2.05. The second-order valence-corrected chi connectivity index (χ2v) is 5.20. The van der Waals surface area contributed by atoms with E-state index in [1.807, 2.05) is 38.6 Å². The fraction of sp³-hybridized carbons (Fsp3) is 0.455. The molecule has 0 atom stereocenters. The highest BCUT2D eigenvalue weighted by atomic mass is 32.1. The molecule has 0 bridgehead atoms. The molecule has 2 rings (SSSR count). The zero-order valence-electron chi connectivity index (χ0n) is 9.87. The van der Waals surface area contributed by atoms with Crippen LogP contribution in [-0.2, 0) is 7.05 Å². The highest BCUT2D eigenvalue weighted by Crippen LogP contribution is 2.27. The van der Waals surface area contributed by atoms with E-state index in [-0.39, 0.29) is 11.9 Å². The van der Waals surface area contributed by atoms with Crippen LogP contribution in [0.5, 0.6) is 0 Å². The SMILES string of the molecule is Cc1nn(C)c2sc(C(=O)NC(C)C)cc12. The molecule has 0 aromatic carbocycles. The predicted octanol–water partition coefficient (Wildman–Crippen LogP) is 2.08. The first-order chi connectivity index (χ1) is 7.49. The summed E-state index contributed by atoms with van der Waals surface area (Å²) >= 11 is 1.48. The van der Waals surface area contributed by atoms with E-state index in [2.05, 4.69) is 10.4 Å². The van der Waals surface area contributed by atoms with Crippen molar-refractivity contribution >= 4 is 27.5 Å². The summed E-state index contributed by atoms with van der Waals surface area (Å²) in [5.74, 6) is -0.00407. The molecule has 0 aliphatic carbocycles. The number of nitrogens with one attached hydrogen (secondary N) is 1. The van der Waals surface area contributed by atoms with Gasteiger partial charge in [-0.15, -0.1) is 11.3 Å². The Morgan fingerprint density at radius 2 is 2.25 bits per heavy atom. The summed E-state index contributed by atoms with van der Waals surface area (Å²) in [4.78, 5) is 13.6. The lowest BCUT2D eigenvalue weighted by Crippen LogP contribution is -2.29. The number of hydrogen-bond acceptors (Lipinski definition) is 3. The average Bonchev–Trinajstić information content (AvgIpc) is 2.68. The van der Waals surface area contributed by atoms with Gasteiger partial charge in [-0.1, -0.05) is 0 Å². The van der Waals surface area contributed by atoms with Gasteiger partial charge in [-0.05, 0) is 26.8 Å². The largest absolute Gasteiger partial charge is 0.349 e. The molecule has 1 amide bonds. The maximum Gasteiger partial charge on any atom is 0.261 e. The summed E-state index contributed by atoms with van der Waals surface area (Å²) in [5.41, 5.74) is 0.970. The molecular weight excluding hydrogens is 222 g/mol. The molecule has 0 saturated heterocycles. The molecule has 0 aliphatic heterocycles. The van der Waals surface area contributed by atoms with Crippen molar-refractivity contribution in [1.29, 1.82) is 0 Å². The van der Waals surface area contributed by atoms with Crippen LogP contribution in [0.25, 0.3) is 10.2 Å². The highest BCUT2D eigenvalue weighted by Gasteiger charge is 2.15. The van der Waals surface area contributed by atoms with E-state index in [1.165, 1.54) is 11.3 Å². The third-order valence-electron chi connectivity index (χ3n) is 2.34. The summed E-state index contributed by atoms with van der Waals surface area (Å²) in [6.45, 7) is 5.87. The van der Waals surface area contributed by atoms with Gasteiger partial charge in [0.25, 0.3) is 5.91 Å². The Morgan fingerprint density at radius 3 is 2.81 bits per heavy atom. The van der Waals surface area contributed by atoms with E-state index in [4.69, 9.17) is 0 Å². The van der Waals surface area contributed by atoms with Crippen molar-refractivity contribution in [2.45, 2.75) is 26.8 Å². The monoisotopic (exact) mass is 237 g/mol. The van der Waals surface area contributed by atoms with Gasteiger partial charge in [-0.3, -0.25) is 9.48 Å². The summed E-state index contributed by atoms with van der Waals surface area (Å²) in [6.07, 6.45) is 0. The third kappa shape index (κ3) is 1.82. The van der Waals surface area contributed by atoms with Gasteiger partial charge in [0, 0.05) is 18.5 Å². The molecule has 0 aliphatic rings. The second-order valence-electron chi connectivity index (χ2n) is 4.17. The third-order valence-corrected chi connectivity index (χ3v) is 3.54. The van der Waals surface area contributed by atoms with Crippen LogP contribution >= 0.6 is 11.3 Å². The van der Waals surface area contributed by atoms with Crippen LogP contribution in [0.1, 0.15) is 29.2 Å². The number of aromatic nitrogens is 2. The molecule has 1 N–H and O–H groups in total. The Morgan fingerprint density at radius 1 is 1.56 bits per heavy atom. The van der Waals surface area contributed by atoms with Crippen molar-refractivity contribution in [2.24, 2.45) is 7.05 Å². The van der Waals surface area contributed by atoms with Crippen LogP contribution in [0.4, 0.5) is 0 Å². The normalized spacial score (nSPS) is 11.3. The maximum absolute atomic E-state index is 11.8. The first kappa shape index (κ1) is 11.1. The van der Waals surface area contributed by atoms with Gasteiger partial charge >= 0.3 is 0 Å². The fourth-order valence-electron chi connectivity index (χ4n) is 1.65. The van der Waals surface area contributed by atoms with E-state index in [1.54, 1.807) is 0 Å². The van der Waals surface area contributed by atoms with Crippen molar-refractivity contribution in [3.8, 4) is 0 Å². The Kier molecular flexibility index (Phi) is 2.71. The first-order valence-corrected chi connectivity index (χ1v) is 6.04. The lowest BCUT2D eigenvalue weighted by atomic mass is 10.3. The molecule has 0 unspecified atom stereocenters. The van der Waals surface area contributed by atoms with Crippen molar-refractivity contribution in [3.63, 3.8) is 0 Å². The van der Waals surface area contributed by atoms with E-state index in [0.29, 0.717) is 0 Å². The Bertz CT molecular complexity index is 504. The Labute approximate surface area is 98.3 Å². The molecule has 16 heavy (non-hydrogen) atoms. The molecular formula is C11H15N3OS. The lowest BCUT2D eigenvalue weighted by molar-refractivity contribution is 0.0947. The molecule has 0 spiro atoms. The van der Waals surface area contributed by atoms with Crippen molar-refractivity contribution < 1.29 is 4.79 Å². The minimum atomic E-state index is -0.00407. The number of aryl methyl sites for hydroxylation is 2. The summed E-state index contributed by atoms with van der Waals surface area (Å²) in [7, 11) is 1.90. The van der Waals surface area contributed by atoms with Gasteiger partial charge in [-0.25, -0.2) is 0 Å². The average molecular weight is 237 g/mol. The molecule has 2 aromatic heterocycles. The quantitative estimate of drug-likeness (QED) is 0.869. The zero-order valence-corrected chi connectivity index (χ0v) is 10.7. The first-order valence-electron chi connectivity index (χ1n) is 5.23. The number of rotatable bonds is 2. The molecule has 4 nitrogen and oxygen atoms in total. The van der Waals surface area contributed by atoms with Crippen LogP contribution < -0.4 is 5.32 Å². The molecule has 86 valence electrons. The van der Waals surface area contributed by atoms with Crippen LogP contribution in [0.15, 0.2) is 6.07 Å². The number of nitrogens with zero attached hydrogens (tertiary/aromatic N) is 2. The zero-order chi connectivity index (χ0) is 11.9. The number of fused-ring (bicyclic) bond motifs is 1. The summed E-state index contributed by atoms with van der Waals surface area (Å²) in [5, 5.41) is 8.27. The minimum absolute atomic E-state index is 0.00407. The smallest absolute Gasteiger partial charge is 0.261 e. The van der Waals surface area contributed by atoms with Crippen LogP contribution in [0.2, 0.25) is 0 Å². The van der Waals surface area contributed by atoms with Gasteiger partial charge in [0.15, 0.2) is 0 Å². The molecule has 0 radical (unpaired) electrons. The van der Waals surface area contributed by atoms with Crippen LogP contribution in [0.3, 0.4) is 0 Å². The number of carbonyl (C=O) groups excluding carboxylic acids is 1. The number of amides is 1. The minimum Gasteiger partial charge on any atom is -0.349 e. The van der Waals surface area contributed by atoms with E-state index in [9.17, 15) is 4.79 Å². The fourth-order valence-corrected chi connectivity index (χ4v) is 2.68. The van der Waals surface area contributed by atoms with Crippen molar-refractivity contribution in [1.82, 2.24) is 15.1 Å². The van der Waals surface area contributed by atoms with Crippen LogP contribution in [-0.4, -0.2) is 21.7 Å². The predicted molar refractivity (Wildman–Crippen MR) is 65.9 cm³/mol. The highest BCUT2D eigenvalue weighted by molar-refractivity contribution is 7.20. The standard InChI is InChI=1S/C11H15N3OS/c1-6(2)12-10(15)9-5-8-7(3)13-14(4)11(8)16-9/h5-6H,1-4H3,(H,12,15). The summed E-state index contributed by atoms with van der Waals surface area (Å²) in [6, 6.07) is 2.08. The van der Waals surface area contributed by atoms with Gasteiger partial charge in [0.1, 0.15) is 4.83 Å². The van der Waals surface area contributed by atoms with Crippen molar-refractivity contribution in [3.05, 3.63) is 16.6 Å². The van der Waals surface area contributed by atoms with Gasteiger partial charge in [0.2, 0.25) is 0 Å². The van der Waals surface area contributed by atoms with E-state index < -0.39 is 0 Å². The van der Waals surface area contributed by atoms with E-state index in [0.717, 1.165) is 20.8 Å². The Hall–Kier alpha value is -1.36. The summed E-state index contributed by atoms with van der Waals surface area (Å²) < 4.78 is 1.82. The molecule has 2 aromatic rings. The number of carbonyl (C=O) groups is 1. The van der Waals surface area contributed by atoms with Gasteiger partial charge in [0.05, 0.1) is 10.6 Å². The topological polar surface area (TPSA) is 46.9 Å². The van der Waals surface area contributed by atoms with Gasteiger partial charge in [-0.2, -0.15) is 5.10 Å². The number of hydrogen-bond donors (Lipinski definition) is 1. The van der Waals surface area contributed by atoms with Crippen LogP contribution in [0, 0.1) is 6.92 Å². The van der Waals surface area contributed by atoms with Gasteiger partial charge < -0.3 is 5.32 Å². The maximum atomic E-state index is 11.8. The molecule has 0 fully saturated rings. The Balaban J connectivity index is 2.40. The number of thiophene rings is 1. The van der Waals surface area contributed by atoms with E-state index >= 15 is 0 Å². The molecule has 2 heterocycles. The molecule has 5 heteroatoms. The molecule has 0 saturated carbocycles. The van der Waals surface area contributed by atoms with Crippen molar-refractivity contribution in [2.75, 3.05) is 0 Å².